The van der Waals surface area contributed by atoms with Gasteiger partial charge in [-0.2, -0.15) is 0 Å². The van der Waals surface area contributed by atoms with E-state index in [1.165, 1.54) is 0 Å². The maximum Gasteiger partial charge on any atom is 0.326 e. The molecule has 0 aliphatic rings. The fourth-order valence-electron chi connectivity index (χ4n) is 1.75. The van der Waals surface area contributed by atoms with Gasteiger partial charge in [0.2, 0.25) is 11.8 Å². The van der Waals surface area contributed by atoms with Crippen molar-refractivity contribution < 1.29 is 29.4 Å². The number of rotatable bonds is 10. The fraction of sp³-hybridized carbons (Fsp3) is 0.692. The maximum atomic E-state index is 12.1. The highest BCUT2D eigenvalue weighted by atomic mass is 16.4. The average molecular weight is 317 g/mol. The van der Waals surface area contributed by atoms with E-state index >= 15 is 0 Å². The van der Waals surface area contributed by atoms with E-state index in [1.54, 1.807) is 0 Å². The summed E-state index contributed by atoms with van der Waals surface area (Å²) in [6, 6.07) is -2.24. The summed E-state index contributed by atoms with van der Waals surface area (Å²) in [5.74, 6) is -3.61. The minimum atomic E-state index is -1.33. The van der Waals surface area contributed by atoms with Gasteiger partial charge in [0.25, 0.3) is 0 Å². The van der Waals surface area contributed by atoms with E-state index in [1.807, 2.05) is 13.8 Å². The van der Waals surface area contributed by atoms with Gasteiger partial charge in [-0.15, -0.1) is 0 Å². The monoisotopic (exact) mass is 317 g/mol. The highest BCUT2D eigenvalue weighted by molar-refractivity contribution is 5.90. The molecule has 0 heterocycles. The molecule has 0 spiro atoms. The van der Waals surface area contributed by atoms with E-state index < -0.39 is 35.8 Å². The molecule has 0 fully saturated rings. The van der Waals surface area contributed by atoms with Crippen molar-refractivity contribution in [2.24, 2.45) is 11.7 Å². The molecular formula is C13H23N3O6. The lowest BCUT2D eigenvalue weighted by Gasteiger charge is -2.22. The second-order valence-electron chi connectivity index (χ2n) is 5.29. The molecule has 0 saturated heterocycles. The Hall–Kier alpha value is -2.16. The van der Waals surface area contributed by atoms with Crippen molar-refractivity contribution in [3.05, 3.63) is 0 Å². The van der Waals surface area contributed by atoms with Crippen molar-refractivity contribution >= 4 is 23.8 Å². The third-order valence-corrected chi connectivity index (χ3v) is 2.81. The van der Waals surface area contributed by atoms with Gasteiger partial charge in [-0.3, -0.25) is 14.4 Å². The van der Waals surface area contributed by atoms with Gasteiger partial charge in [-0.25, -0.2) is 4.79 Å². The number of hydrogen-bond acceptors (Lipinski definition) is 5. The first-order valence-corrected chi connectivity index (χ1v) is 6.91. The number of amides is 2. The van der Waals surface area contributed by atoms with Gasteiger partial charge in [-0.05, 0) is 18.8 Å². The molecule has 0 aliphatic heterocycles. The first-order chi connectivity index (χ1) is 10.2. The fourth-order valence-corrected chi connectivity index (χ4v) is 1.75. The maximum absolute atomic E-state index is 12.1. The van der Waals surface area contributed by atoms with Gasteiger partial charge in [0, 0.05) is 6.42 Å². The number of carboxylic acid groups (broad SMARTS) is 2. The van der Waals surface area contributed by atoms with Crippen LogP contribution in [-0.2, 0) is 19.2 Å². The summed E-state index contributed by atoms with van der Waals surface area (Å²) in [6.45, 7) is 3.39. The van der Waals surface area contributed by atoms with Crippen LogP contribution in [0.25, 0.3) is 0 Å². The number of carbonyl (C=O) groups excluding carboxylic acids is 2. The standard InChI is InChI=1S/C13H23N3O6/c1-7(2)5-9(15-10(17)6-14)12(20)16-8(13(21)22)3-4-11(18)19/h7-9H,3-6,14H2,1-2H3,(H,15,17)(H,16,20)(H,18,19)(H,21,22)/t8-,9-/m0/s1. The van der Waals surface area contributed by atoms with E-state index in [2.05, 4.69) is 10.6 Å². The highest BCUT2D eigenvalue weighted by Gasteiger charge is 2.27. The molecule has 0 aromatic heterocycles. The molecule has 0 aliphatic carbocycles. The molecule has 0 bridgehead atoms. The molecule has 2 atom stereocenters. The smallest absolute Gasteiger partial charge is 0.326 e. The Morgan fingerprint density at radius 1 is 1.05 bits per heavy atom. The van der Waals surface area contributed by atoms with Gasteiger partial charge < -0.3 is 26.6 Å². The lowest BCUT2D eigenvalue weighted by Crippen LogP contribution is -2.53. The Morgan fingerprint density at radius 2 is 1.64 bits per heavy atom. The predicted molar refractivity (Wildman–Crippen MR) is 76.9 cm³/mol. The summed E-state index contributed by atoms with van der Waals surface area (Å²) in [6.07, 6.45) is -0.320. The SMILES string of the molecule is CC(C)C[C@H](NC(=O)CN)C(=O)N[C@@H](CCC(=O)O)C(=O)O. The van der Waals surface area contributed by atoms with Crippen molar-refractivity contribution in [2.45, 2.75) is 45.2 Å². The van der Waals surface area contributed by atoms with Crippen LogP contribution in [-0.4, -0.2) is 52.6 Å². The van der Waals surface area contributed by atoms with Crippen molar-refractivity contribution in [3.8, 4) is 0 Å². The van der Waals surface area contributed by atoms with Crippen LogP contribution in [0.15, 0.2) is 0 Å². The molecule has 9 heteroatoms. The third-order valence-electron chi connectivity index (χ3n) is 2.81. The number of nitrogens with one attached hydrogen (secondary N) is 2. The average Bonchev–Trinajstić information content (AvgIpc) is 2.41. The zero-order valence-corrected chi connectivity index (χ0v) is 12.7. The number of hydrogen-bond donors (Lipinski definition) is 5. The van der Waals surface area contributed by atoms with Crippen LogP contribution in [0, 0.1) is 5.92 Å². The number of carbonyl (C=O) groups is 4. The molecule has 0 radical (unpaired) electrons. The normalized spacial score (nSPS) is 13.3. The van der Waals surface area contributed by atoms with E-state index in [9.17, 15) is 19.2 Å². The van der Waals surface area contributed by atoms with Crippen LogP contribution in [0.2, 0.25) is 0 Å². The first-order valence-electron chi connectivity index (χ1n) is 6.91. The summed E-state index contributed by atoms with van der Waals surface area (Å²) in [5.41, 5.74) is 5.18. The van der Waals surface area contributed by atoms with Crippen LogP contribution >= 0.6 is 0 Å². The Bertz CT molecular complexity index is 424. The summed E-state index contributed by atoms with van der Waals surface area (Å²) in [4.78, 5) is 45.0. The minimum absolute atomic E-state index is 0.0797. The van der Waals surface area contributed by atoms with Crippen molar-refractivity contribution in [1.29, 1.82) is 0 Å². The van der Waals surface area contributed by atoms with E-state index in [0.717, 1.165) is 0 Å². The lowest BCUT2D eigenvalue weighted by atomic mass is 10.0. The van der Waals surface area contributed by atoms with Crippen LogP contribution in [0.3, 0.4) is 0 Å². The molecule has 126 valence electrons. The topological polar surface area (TPSA) is 159 Å². The summed E-state index contributed by atoms with van der Waals surface area (Å²) in [5, 5.41) is 22.3. The second-order valence-corrected chi connectivity index (χ2v) is 5.29. The van der Waals surface area contributed by atoms with Crippen molar-refractivity contribution in [2.75, 3.05) is 6.54 Å². The summed E-state index contributed by atoms with van der Waals surface area (Å²) >= 11 is 0. The van der Waals surface area contributed by atoms with Gasteiger partial charge in [0.05, 0.1) is 6.54 Å². The molecule has 6 N–H and O–H groups in total. The number of carboxylic acids is 2. The number of aliphatic carboxylic acids is 2. The molecule has 22 heavy (non-hydrogen) atoms. The van der Waals surface area contributed by atoms with E-state index in [0.29, 0.717) is 6.42 Å². The van der Waals surface area contributed by atoms with Gasteiger partial charge >= 0.3 is 11.9 Å². The molecule has 0 aromatic carbocycles. The quantitative estimate of drug-likeness (QED) is 0.342. The predicted octanol–water partition coefficient (Wildman–Crippen LogP) is -1.09. The third kappa shape index (κ3) is 8.20. The molecular weight excluding hydrogens is 294 g/mol. The Kier molecular flexibility index (Phi) is 8.76. The molecule has 0 unspecified atom stereocenters. The Balaban J connectivity index is 4.83. The van der Waals surface area contributed by atoms with Crippen LogP contribution in [0.4, 0.5) is 0 Å². The van der Waals surface area contributed by atoms with Crippen LogP contribution < -0.4 is 16.4 Å². The second kappa shape index (κ2) is 9.72. The zero-order chi connectivity index (χ0) is 17.3. The molecule has 9 nitrogen and oxygen atoms in total. The van der Waals surface area contributed by atoms with Crippen molar-refractivity contribution in [1.82, 2.24) is 10.6 Å². The molecule has 0 aromatic rings. The van der Waals surface area contributed by atoms with E-state index in [-0.39, 0.29) is 25.3 Å². The van der Waals surface area contributed by atoms with Gasteiger partial charge in [-0.1, -0.05) is 13.8 Å². The molecule has 2 amide bonds. The van der Waals surface area contributed by atoms with Crippen molar-refractivity contribution in [3.63, 3.8) is 0 Å². The van der Waals surface area contributed by atoms with Crippen LogP contribution in [0.5, 0.6) is 0 Å². The summed E-state index contributed by atoms with van der Waals surface area (Å²) < 4.78 is 0. The Morgan fingerprint density at radius 3 is 2.05 bits per heavy atom. The molecule has 0 rings (SSSR count). The lowest BCUT2D eigenvalue weighted by molar-refractivity contribution is -0.143. The largest absolute Gasteiger partial charge is 0.481 e. The highest BCUT2D eigenvalue weighted by Crippen LogP contribution is 2.06. The van der Waals surface area contributed by atoms with Gasteiger partial charge in [0.15, 0.2) is 0 Å². The first kappa shape index (κ1) is 19.8. The number of nitrogens with two attached hydrogens (primary N) is 1. The summed E-state index contributed by atoms with van der Waals surface area (Å²) in [7, 11) is 0. The Labute approximate surface area is 128 Å². The van der Waals surface area contributed by atoms with Gasteiger partial charge in [0.1, 0.15) is 12.1 Å². The minimum Gasteiger partial charge on any atom is -0.481 e. The molecule has 0 saturated carbocycles. The van der Waals surface area contributed by atoms with Crippen LogP contribution in [0.1, 0.15) is 33.1 Å². The zero-order valence-electron chi connectivity index (χ0n) is 12.7. The van der Waals surface area contributed by atoms with E-state index in [4.69, 9.17) is 15.9 Å².